The third-order valence-corrected chi connectivity index (χ3v) is 3.52. The Balaban J connectivity index is 2.52. The number of halogens is 1. The molecule has 0 bridgehead atoms. The van der Waals surface area contributed by atoms with Gasteiger partial charge in [-0.1, -0.05) is 28.9 Å². The van der Waals surface area contributed by atoms with Crippen LogP contribution < -0.4 is 5.32 Å². The summed E-state index contributed by atoms with van der Waals surface area (Å²) in [7, 11) is 0. The first-order valence-electron chi connectivity index (χ1n) is 6.21. The topological polar surface area (TPSA) is 66.4 Å². The van der Waals surface area contributed by atoms with Crippen molar-refractivity contribution in [2.24, 2.45) is 5.92 Å². The van der Waals surface area contributed by atoms with Gasteiger partial charge in [0.1, 0.15) is 5.92 Å². The lowest BCUT2D eigenvalue weighted by Gasteiger charge is -2.11. The average molecular weight is 328 g/mol. The lowest BCUT2D eigenvalue weighted by Crippen LogP contribution is -2.36. The van der Waals surface area contributed by atoms with E-state index in [4.69, 9.17) is 5.11 Å². The zero-order chi connectivity index (χ0) is 14.4. The smallest absolute Gasteiger partial charge is 0.316 e. The second-order valence-corrected chi connectivity index (χ2v) is 5.33. The molecule has 1 atom stereocenters. The van der Waals surface area contributed by atoms with Gasteiger partial charge in [0, 0.05) is 11.0 Å². The quantitative estimate of drug-likeness (QED) is 0.789. The molecule has 1 amide bonds. The van der Waals surface area contributed by atoms with Gasteiger partial charge in [0.05, 0.1) is 0 Å². The Kier molecular flexibility index (Phi) is 6.02. The van der Waals surface area contributed by atoms with Crippen molar-refractivity contribution in [1.82, 2.24) is 5.32 Å². The molecule has 1 aromatic carbocycles. The molecule has 1 unspecified atom stereocenters. The molecular weight excluding hydrogens is 310 g/mol. The van der Waals surface area contributed by atoms with Crippen LogP contribution >= 0.6 is 15.9 Å². The van der Waals surface area contributed by atoms with E-state index in [9.17, 15) is 9.59 Å². The second kappa shape index (κ2) is 7.28. The van der Waals surface area contributed by atoms with Crippen molar-refractivity contribution in [3.05, 3.63) is 33.8 Å². The number of carbonyl (C=O) groups excluding carboxylic acids is 1. The zero-order valence-corrected chi connectivity index (χ0v) is 12.7. The maximum Gasteiger partial charge on any atom is 0.316 e. The van der Waals surface area contributed by atoms with Gasteiger partial charge in [0.15, 0.2) is 0 Å². The molecule has 0 fully saturated rings. The highest BCUT2D eigenvalue weighted by Crippen LogP contribution is 2.16. The molecule has 0 spiro atoms. The number of carboxylic acid groups (broad SMARTS) is 1. The van der Waals surface area contributed by atoms with Crippen LogP contribution in [-0.4, -0.2) is 23.5 Å². The molecule has 0 aromatic heterocycles. The van der Waals surface area contributed by atoms with Crippen LogP contribution in [0.3, 0.4) is 0 Å². The molecule has 1 aromatic rings. The first kappa shape index (κ1) is 15.7. The summed E-state index contributed by atoms with van der Waals surface area (Å²) in [5.41, 5.74) is 2.29. The van der Waals surface area contributed by atoms with E-state index in [1.807, 2.05) is 25.1 Å². The van der Waals surface area contributed by atoms with Crippen LogP contribution in [0.25, 0.3) is 0 Å². The van der Waals surface area contributed by atoms with Crippen LogP contribution in [0.5, 0.6) is 0 Å². The summed E-state index contributed by atoms with van der Waals surface area (Å²) in [5, 5.41) is 11.5. The summed E-state index contributed by atoms with van der Waals surface area (Å²) in [6, 6.07) is 5.98. The predicted molar refractivity (Wildman–Crippen MR) is 77.0 cm³/mol. The largest absolute Gasteiger partial charge is 0.481 e. The summed E-state index contributed by atoms with van der Waals surface area (Å²) >= 11 is 3.41. The summed E-state index contributed by atoms with van der Waals surface area (Å²) in [5.74, 6) is -2.44. The third kappa shape index (κ3) is 4.67. The molecule has 0 aliphatic heterocycles. The van der Waals surface area contributed by atoms with Gasteiger partial charge in [-0.25, -0.2) is 0 Å². The number of aryl methyl sites for hydroxylation is 1. The molecule has 104 valence electrons. The van der Waals surface area contributed by atoms with Crippen molar-refractivity contribution in [3.8, 4) is 0 Å². The molecule has 19 heavy (non-hydrogen) atoms. The highest BCUT2D eigenvalue weighted by molar-refractivity contribution is 9.10. The minimum Gasteiger partial charge on any atom is -0.481 e. The first-order valence-corrected chi connectivity index (χ1v) is 7.00. The fourth-order valence-corrected chi connectivity index (χ4v) is 2.23. The van der Waals surface area contributed by atoms with E-state index < -0.39 is 17.8 Å². The Morgan fingerprint density at radius 1 is 1.42 bits per heavy atom. The molecule has 1 rings (SSSR count). The van der Waals surface area contributed by atoms with Crippen molar-refractivity contribution in [3.63, 3.8) is 0 Å². The number of nitrogens with one attached hydrogen (secondary N) is 1. The van der Waals surface area contributed by atoms with E-state index in [2.05, 4.69) is 21.2 Å². The molecule has 2 N–H and O–H groups in total. The molecule has 5 heteroatoms. The van der Waals surface area contributed by atoms with E-state index >= 15 is 0 Å². The van der Waals surface area contributed by atoms with Crippen LogP contribution in [0.1, 0.15) is 24.5 Å². The SMILES string of the molecule is CCC(C(=O)O)C(=O)NCCc1cc(Br)ccc1C. The molecule has 0 aliphatic carbocycles. The molecular formula is C14H18BrNO3. The Labute approximate surface area is 121 Å². The fraction of sp³-hybridized carbons (Fsp3) is 0.429. The number of amides is 1. The minimum atomic E-state index is -1.07. The molecule has 0 aliphatic rings. The average Bonchev–Trinajstić information content (AvgIpc) is 2.34. The highest BCUT2D eigenvalue weighted by Gasteiger charge is 2.23. The van der Waals surface area contributed by atoms with Gasteiger partial charge in [-0.15, -0.1) is 0 Å². The molecule has 4 nitrogen and oxygen atoms in total. The van der Waals surface area contributed by atoms with Crippen LogP contribution in [0.4, 0.5) is 0 Å². The van der Waals surface area contributed by atoms with Crippen LogP contribution in [0, 0.1) is 12.8 Å². The van der Waals surface area contributed by atoms with Crippen LogP contribution in [0.2, 0.25) is 0 Å². The van der Waals surface area contributed by atoms with Crippen LogP contribution in [-0.2, 0) is 16.0 Å². The number of aliphatic carboxylic acids is 1. The van der Waals surface area contributed by atoms with E-state index in [0.717, 1.165) is 15.6 Å². The van der Waals surface area contributed by atoms with Gasteiger partial charge in [-0.05, 0) is 43.0 Å². The first-order chi connectivity index (χ1) is 8.95. The van der Waals surface area contributed by atoms with Crippen molar-refractivity contribution >= 4 is 27.8 Å². The minimum absolute atomic E-state index is 0.303. The summed E-state index contributed by atoms with van der Waals surface area (Å²) in [4.78, 5) is 22.5. The monoisotopic (exact) mass is 327 g/mol. The van der Waals surface area contributed by atoms with Crippen molar-refractivity contribution in [1.29, 1.82) is 0 Å². The highest BCUT2D eigenvalue weighted by atomic mass is 79.9. The van der Waals surface area contributed by atoms with E-state index in [-0.39, 0.29) is 0 Å². The molecule has 0 heterocycles. The number of hydrogen-bond acceptors (Lipinski definition) is 2. The van der Waals surface area contributed by atoms with Gasteiger partial charge in [0.25, 0.3) is 0 Å². The number of carbonyl (C=O) groups is 2. The Hall–Kier alpha value is -1.36. The molecule has 0 saturated carbocycles. The van der Waals surface area contributed by atoms with Crippen LogP contribution in [0.15, 0.2) is 22.7 Å². The van der Waals surface area contributed by atoms with Gasteiger partial charge < -0.3 is 10.4 Å². The van der Waals surface area contributed by atoms with E-state index in [1.165, 1.54) is 0 Å². The lowest BCUT2D eigenvalue weighted by atomic mass is 10.0. The number of rotatable bonds is 6. The van der Waals surface area contributed by atoms with E-state index in [1.54, 1.807) is 6.92 Å². The normalized spacial score (nSPS) is 11.9. The Morgan fingerprint density at radius 2 is 2.11 bits per heavy atom. The Morgan fingerprint density at radius 3 is 2.68 bits per heavy atom. The van der Waals surface area contributed by atoms with Gasteiger partial charge in [-0.2, -0.15) is 0 Å². The molecule has 0 radical (unpaired) electrons. The van der Waals surface area contributed by atoms with E-state index in [0.29, 0.717) is 19.4 Å². The number of carboxylic acids is 1. The van der Waals surface area contributed by atoms with Crippen molar-refractivity contribution in [2.75, 3.05) is 6.54 Å². The number of benzene rings is 1. The lowest BCUT2D eigenvalue weighted by molar-refractivity contribution is -0.147. The summed E-state index contributed by atoms with van der Waals surface area (Å²) < 4.78 is 0.997. The summed E-state index contributed by atoms with van der Waals surface area (Å²) in [6.07, 6.45) is 0.990. The second-order valence-electron chi connectivity index (χ2n) is 4.41. The van der Waals surface area contributed by atoms with Crippen molar-refractivity contribution < 1.29 is 14.7 Å². The Bertz CT molecular complexity index is 474. The fourth-order valence-electron chi connectivity index (χ4n) is 1.83. The van der Waals surface area contributed by atoms with Gasteiger partial charge in [0.2, 0.25) is 5.91 Å². The third-order valence-electron chi connectivity index (χ3n) is 3.03. The predicted octanol–water partition coefficient (Wildman–Crippen LogP) is 2.53. The standard InChI is InChI=1S/C14H18BrNO3/c1-3-12(14(18)19)13(17)16-7-6-10-8-11(15)5-4-9(10)2/h4-5,8,12H,3,6-7H2,1-2H3,(H,16,17)(H,18,19). The van der Waals surface area contributed by atoms with Crippen molar-refractivity contribution in [2.45, 2.75) is 26.7 Å². The molecule has 0 saturated heterocycles. The number of hydrogen-bond donors (Lipinski definition) is 2. The van der Waals surface area contributed by atoms with Gasteiger partial charge in [-0.3, -0.25) is 9.59 Å². The summed E-state index contributed by atoms with van der Waals surface area (Å²) in [6.45, 7) is 4.15. The van der Waals surface area contributed by atoms with Gasteiger partial charge >= 0.3 is 5.97 Å². The maximum absolute atomic E-state index is 11.7. The maximum atomic E-state index is 11.7. The zero-order valence-electron chi connectivity index (χ0n) is 11.1.